The first kappa shape index (κ1) is 11.7. The van der Waals surface area contributed by atoms with E-state index in [1.807, 2.05) is 38.2 Å². The van der Waals surface area contributed by atoms with Crippen molar-refractivity contribution in [1.29, 1.82) is 0 Å². The molecule has 0 unspecified atom stereocenters. The van der Waals surface area contributed by atoms with Crippen molar-refractivity contribution in [3.63, 3.8) is 0 Å². The van der Waals surface area contributed by atoms with Gasteiger partial charge in [-0.3, -0.25) is 15.2 Å². The van der Waals surface area contributed by atoms with E-state index in [0.29, 0.717) is 5.56 Å². The van der Waals surface area contributed by atoms with Crippen LogP contribution in [0.3, 0.4) is 0 Å². The van der Waals surface area contributed by atoms with Crippen LogP contribution >= 0.6 is 0 Å². The Morgan fingerprint density at radius 3 is 2.60 bits per heavy atom. The van der Waals surface area contributed by atoms with Crippen LogP contribution in [0.25, 0.3) is 0 Å². The molecule has 4 heteroatoms. The van der Waals surface area contributed by atoms with Crippen LogP contribution < -0.4 is 11.2 Å². The lowest BCUT2D eigenvalue weighted by Gasteiger charge is -2.13. The summed E-state index contributed by atoms with van der Waals surface area (Å²) in [4.78, 5) is 10.9. The van der Waals surface area contributed by atoms with Crippen LogP contribution in [0.2, 0.25) is 0 Å². The molecule has 1 aromatic rings. The van der Waals surface area contributed by atoms with Crippen LogP contribution in [0, 0.1) is 6.92 Å². The number of carbonyl (C=O) groups excluding carboxylic acids is 1. The summed E-state index contributed by atoms with van der Waals surface area (Å²) in [5.41, 5.74) is 11.1. The van der Waals surface area contributed by atoms with Crippen molar-refractivity contribution in [3.05, 3.63) is 34.9 Å². The highest BCUT2D eigenvalue weighted by Crippen LogP contribution is 2.10. The second kappa shape index (κ2) is 4.91. The molecule has 1 rings (SSSR count). The second-order valence-corrected chi connectivity index (χ2v) is 3.73. The number of nitrogens with zero attached hydrogens (tertiary/aromatic N) is 1. The van der Waals surface area contributed by atoms with Crippen LogP contribution in [-0.2, 0) is 6.54 Å². The largest absolute Gasteiger partial charge is 0.366 e. The average molecular weight is 207 g/mol. The number of nitrogens with one attached hydrogen (secondary N) is 1. The quantitative estimate of drug-likeness (QED) is 0.713. The SMILES string of the molecule is Cc1cc(C(N)=O)ccc1CNN(C)C. The Bertz CT molecular complexity index is 361. The number of hydrazine groups is 1. The summed E-state index contributed by atoms with van der Waals surface area (Å²) in [6, 6.07) is 5.49. The lowest BCUT2D eigenvalue weighted by Crippen LogP contribution is -2.29. The zero-order valence-electron chi connectivity index (χ0n) is 9.37. The maximum absolute atomic E-state index is 10.9. The molecule has 4 nitrogen and oxygen atoms in total. The van der Waals surface area contributed by atoms with Crippen LogP contribution in [-0.4, -0.2) is 25.0 Å². The van der Waals surface area contributed by atoms with E-state index in [4.69, 9.17) is 5.73 Å². The molecule has 0 heterocycles. The Morgan fingerprint density at radius 2 is 2.13 bits per heavy atom. The topological polar surface area (TPSA) is 58.4 Å². The molecule has 1 aromatic carbocycles. The Kier molecular flexibility index (Phi) is 3.82. The van der Waals surface area contributed by atoms with E-state index in [9.17, 15) is 4.79 Å². The van der Waals surface area contributed by atoms with Gasteiger partial charge in [-0.1, -0.05) is 6.07 Å². The summed E-state index contributed by atoms with van der Waals surface area (Å²) in [5, 5.41) is 1.89. The van der Waals surface area contributed by atoms with E-state index in [2.05, 4.69) is 5.43 Å². The first-order valence-electron chi connectivity index (χ1n) is 4.81. The molecule has 0 fully saturated rings. The zero-order chi connectivity index (χ0) is 11.4. The monoisotopic (exact) mass is 207 g/mol. The molecule has 0 aliphatic carbocycles. The molecule has 0 bridgehead atoms. The fourth-order valence-electron chi connectivity index (χ4n) is 1.29. The molecule has 0 atom stereocenters. The molecule has 0 spiro atoms. The fraction of sp³-hybridized carbons (Fsp3) is 0.364. The van der Waals surface area contributed by atoms with E-state index >= 15 is 0 Å². The standard InChI is InChI=1S/C11H17N3O/c1-8-6-9(11(12)15)4-5-10(8)7-13-14(2)3/h4-6,13H,7H2,1-3H3,(H2,12,15). The van der Waals surface area contributed by atoms with Gasteiger partial charge in [-0.15, -0.1) is 0 Å². The van der Waals surface area contributed by atoms with E-state index in [-0.39, 0.29) is 5.91 Å². The first-order valence-corrected chi connectivity index (χ1v) is 4.81. The normalized spacial score (nSPS) is 10.7. The van der Waals surface area contributed by atoms with Crippen molar-refractivity contribution in [2.45, 2.75) is 13.5 Å². The van der Waals surface area contributed by atoms with Gasteiger partial charge in [0.25, 0.3) is 0 Å². The molecule has 15 heavy (non-hydrogen) atoms. The highest BCUT2D eigenvalue weighted by atomic mass is 16.1. The Hall–Kier alpha value is -1.39. The van der Waals surface area contributed by atoms with Crippen molar-refractivity contribution in [3.8, 4) is 0 Å². The van der Waals surface area contributed by atoms with Crippen LogP contribution in [0.15, 0.2) is 18.2 Å². The van der Waals surface area contributed by atoms with Crippen molar-refractivity contribution in [1.82, 2.24) is 10.4 Å². The molecule has 0 aromatic heterocycles. The van der Waals surface area contributed by atoms with Gasteiger partial charge in [0.15, 0.2) is 0 Å². The van der Waals surface area contributed by atoms with Gasteiger partial charge in [-0.25, -0.2) is 0 Å². The Labute approximate surface area is 90.0 Å². The summed E-state index contributed by atoms with van der Waals surface area (Å²) in [6.07, 6.45) is 0. The molecule has 0 aliphatic heterocycles. The smallest absolute Gasteiger partial charge is 0.248 e. The van der Waals surface area contributed by atoms with E-state index in [1.54, 1.807) is 6.07 Å². The Morgan fingerprint density at radius 1 is 1.47 bits per heavy atom. The molecular weight excluding hydrogens is 190 g/mol. The average Bonchev–Trinajstić information content (AvgIpc) is 2.15. The number of amides is 1. The van der Waals surface area contributed by atoms with Gasteiger partial charge in [0, 0.05) is 26.2 Å². The molecule has 3 N–H and O–H groups in total. The van der Waals surface area contributed by atoms with Crippen LogP contribution in [0.5, 0.6) is 0 Å². The maximum atomic E-state index is 10.9. The van der Waals surface area contributed by atoms with Gasteiger partial charge in [-0.2, -0.15) is 0 Å². The second-order valence-electron chi connectivity index (χ2n) is 3.73. The number of primary amides is 1. The maximum Gasteiger partial charge on any atom is 0.248 e. The zero-order valence-corrected chi connectivity index (χ0v) is 9.37. The summed E-state index contributed by atoms with van der Waals surface area (Å²) >= 11 is 0. The lowest BCUT2D eigenvalue weighted by atomic mass is 10.1. The van der Waals surface area contributed by atoms with Gasteiger partial charge >= 0.3 is 0 Å². The van der Waals surface area contributed by atoms with Crippen molar-refractivity contribution in [2.24, 2.45) is 5.73 Å². The number of benzene rings is 1. The van der Waals surface area contributed by atoms with E-state index in [1.165, 1.54) is 0 Å². The first-order chi connectivity index (χ1) is 7.00. The Balaban J connectivity index is 2.79. The van der Waals surface area contributed by atoms with Gasteiger partial charge in [0.2, 0.25) is 5.91 Å². The van der Waals surface area contributed by atoms with Crippen LogP contribution in [0.4, 0.5) is 0 Å². The van der Waals surface area contributed by atoms with Crippen LogP contribution in [0.1, 0.15) is 21.5 Å². The number of nitrogens with two attached hydrogens (primary N) is 1. The third-order valence-electron chi connectivity index (χ3n) is 2.21. The minimum atomic E-state index is -0.384. The number of hydrogen-bond donors (Lipinski definition) is 2. The molecular formula is C11H17N3O. The third-order valence-corrected chi connectivity index (χ3v) is 2.21. The van der Waals surface area contributed by atoms with Gasteiger partial charge in [0.05, 0.1) is 0 Å². The van der Waals surface area contributed by atoms with Gasteiger partial charge in [-0.05, 0) is 30.2 Å². The van der Waals surface area contributed by atoms with Gasteiger partial charge < -0.3 is 5.73 Å². The highest BCUT2D eigenvalue weighted by molar-refractivity contribution is 5.93. The third kappa shape index (κ3) is 3.34. The predicted molar refractivity (Wildman–Crippen MR) is 60.2 cm³/mol. The summed E-state index contributed by atoms with van der Waals surface area (Å²) in [6.45, 7) is 2.72. The van der Waals surface area contributed by atoms with Crippen molar-refractivity contribution in [2.75, 3.05) is 14.1 Å². The van der Waals surface area contributed by atoms with Crippen molar-refractivity contribution >= 4 is 5.91 Å². The molecule has 1 amide bonds. The minimum Gasteiger partial charge on any atom is -0.366 e. The molecule has 82 valence electrons. The van der Waals surface area contributed by atoms with Crippen molar-refractivity contribution < 1.29 is 4.79 Å². The highest BCUT2D eigenvalue weighted by Gasteiger charge is 2.03. The summed E-state index contributed by atoms with van der Waals surface area (Å²) in [5.74, 6) is -0.384. The number of aryl methyl sites for hydroxylation is 1. The summed E-state index contributed by atoms with van der Waals surface area (Å²) in [7, 11) is 3.88. The lowest BCUT2D eigenvalue weighted by molar-refractivity contribution is 0.1000. The van der Waals surface area contributed by atoms with Gasteiger partial charge in [0.1, 0.15) is 0 Å². The number of carbonyl (C=O) groups is 1. The molecule has 0 saturated heterocycles. The minimum absolute atomic E-state index is 0.384. The molecule has 0 aliphatic rings. The van der Waals surface area contributed by atoms with E-state index < -0.39 is 0 Å². The van der Waals surface area contributed by atoms with E-state index in [0.717, 1.165) is 17.7 Å². The number of rotatable bonds is 4. The predicted octanol–water partition coefficient (Wildman–Crippen LogP) is 0.660. The molecule has 0 saturated carbocycles. The molecule has 0 radical (unpaired) electrons. The fourth-order valence-corrected chi connectivity index (χ4v) is 1.29. The number of hydrogen-bond acceptors (Lipinski definition) is 3. The summed E-state index contributed by atoms with van der Waals surface area (Å²) < 4.78 is 0.